The van der Waals surface area contributed by atoms with Crippen LogP contribution in [0.3, 0.4) is 0 Å². The Balaban J connectivity index is 2.05. The average Bonchev–Trinajstić information content (AvgIpc) is 2.38. The van der Waals surface area contributed by atoms with Gasteiger partial charge in [0, 0.05) is 25.3 Å². The number of anilines is 1. The third-order valence-corrected chi connectivity index (χ3v) is 3.78. The predicted octanol–water partition coefficient (Wildman–Crippen LogP) is 3.11. The number of nitrogens with zero attached hydrogens (tertiary/aromatic N) is 1. The van der Waals surface area contributed by atoms with Gasteiger partial charge in [-0.25, -0.2) is 0 Å². The summed E-state index contributed by atoms with van der Waals surface area (Å²) in [5.41, 5.74) is 4.03. The van der Waals surface area contributed by atoms with Crippen LogP contribution in [-0.4, -0.2) is 31.8 Å². The summed E-state index contributed by atoms with van der Waals surface area (Å²) in [5.74, 6) is 0. The minimum absolute atomic E-state index is 0.0496. The number of aryl methyl sites for hydroxylation is 1. The van der Waals surface area contributed by atoms with Crippen molar-refractivity contribution < 1.29 is 4.74 Å². The van der Waals surface area contributed by atoms with E-state index in [4.69, 9.17) is 4.74 Å². The number of rotatable bonds is 5. The summed E-state index contributed by atoms with van der Waals surface area (Å²) >= 11 is 0. The van der Waals surface area contributed by atoms with E-state index in [0.717, 1.165) is 32.8 Å². The molecule has 0 radical (unpaired) electrons. The maximum Gasteiger partial charge on any atom is 0.0801 e. The lowest BCUT2D eigenvalue weighted by atomic mass is 10.0. The lowest BCUT2D eigenvalue weighted by Crippen LogP contribution is -2.48. The normalized spacial score (nSPS) is 18.3. The number of morpholine rings is 1. The van der Waals surface area contributed by atoms with Crippen LogP contribution < -0.4 is 10.2 Å². The van der Waals surface area contributed by atoms with Gasteiger partial charge in [-0.3, -0.25) is 0 Å². The zero-order chi connectivity index (χ0) is 14.6. The molecule has 1 heterocycles. The van der Waals surface area contributed by atoms with Crippen molar-refractivity contribution >= 4 is 5.69 Å². The van der Waals surface area contributed by atoms with Crippen LogP contribution in [0, 0.1) is 6.92 Å². The maximum atomic E-state index is 5.79. The molecule has 0 spiro atoms. The Labute approximate surface area is 123 Å². The molecule has 0 aliphatic carbocycles. The number of hydrogen-bond donors (Lipinski definition) is 1. The largest absolute Gasteiger partial charge is 0.372 e. The summed E-state index contributed by atoms with van der Waals surface area (Å²) in [6.07, 6.45) is 1.18. The molecule has 0 unspecified atom stereocenters. The first-order valence-electron chi connectivity index (χ1n) is 7.71. The molecule has 112 valence electrons. The van der Waals surface area contributed by atoms with Crippen LogP contribution in [0.15, 0.2) is 18.2 Å². The van der Waals surface area contributed by atoms with Gasteiger partial charge in [0.1, 0.15) is 0 Å². The average molecular weight is 276 g/mol. The Morgan fingerprint density at radius 1 is 1.35 bits per heavy atom. The summed E-state index contributed by atoms with van der Waals surface area (Å²) in [4.78, 5) is 2.45. The quantitative estimate of drug-likeness (QED) is 0.836. The van der Waals surface area contributed by atoms with Crippen molar-refractivity contribution in [2.75, 3.05) is 31.1 Å². The number of benzene rings is 1. The van der Waals surface area contributed by atoms with Crippen molar-refractivity contribution in [1.82, 2.24) is 5.32 Å². The van der Waals surface area contributed by atoms with Crippen molar-refractivity contribution in [3.05, 3.63) is 29.3 Å². The van der Waals surface area contributed by atoms with Gasteiger partial charge in [-0.05, 0) is 50.9 Å². The fraction of sp³-hybridized carbons (Fsp3) is 0.647. The minimum Gasteiger partial charge on any atom is -0.372 e. The van der Waals surface area contributed by atoms with Crippen LogP contribution in [0.1, 0.15) is 38.3 Å². The van der Waals surface area contributed by atoms with E-state index in [0.29, 0.717) is 0 Å². The Bertz CT molecular complexity index is 443. The van der Waals surface area contributed by atoms with E-state index in [1.165, 1.54) is 23.2 Å². The number of hydrogen-bond acceptors (Lipinski definition) is 3. The molecule has 20 heavy (non-hydrogen) atoms. The number of nitrogens with one attached hydrogen (secondary N) is 1. The molecule has 3 nitrogen and oxygen atoms in total. The molecule has 0 atom stereocenters. The van der Waals surface area contributed by atoms with E-state index in [1.807, 2.05) is 0 Å². The summed E-state index contributed by atoms with van der Waals surface area (Å²) in [6.45, 7) is 13.5. The van der Waals surface area contributed by atoms with Crippen LogP contribution in [0.5, 0.6) is 0 Å². The molecule has 0 amide bonds. The van der Waals surface area contributed by atoms with E-state index in [9.17, 15) is 0 Å². The molecule has 1 aliphatic rings. The molecule has 1 aromatic carbocycles. The van der Waals surface area contributed by atoms with E-state index in [1.54, 1.807) is 0 Å². The third kappa shape index (κ3) is 3.97. The number of ether oxygens (including phenoxy) is 1. The standard InChI is InChI=1S/C17H28N2O/c1-5-8-18-12-15-6-7-16(14(2)11-15)19-9-10-20-17(3,4)13-19/h6-7,11,18H,5,8-10,12-13H2,1-4H3. The topological polar surface area (TPSA) is 24.5 Å². The van der Waals surface area contributed by atoms with E-state index in [2.05, 4.69) is 56.1 Å². The van der Waals surface area contributed by atoms with Crippen molar-refractivity contribution in [3.8, 4) is 0 Å². The van der Waals surface area contributed by atoms with Crippen molar-refractivity contribution in [2.24, 2.45) is 0 Å². The van der Waals surface area contributed by atoms with Crippen LogP contribution in [0.2, 0.25) is 0 Å². The molecule has 1 fully saturated rings. The molecule has 3 heteroatoms. The molecule has 1 aromatic rings. The first-order valence-corrected chi connectivity index (χ1v) is 7.71. The predicted molar refractivity (Wildman–Crippen MR) is 85.4 cm³/mol. The van der Waals surface area contributed by atoms with Gasteiger partial charge in [-0.1, -0.05) is 19.1 Å². The van der Waals surface area contributed by atoms with E-state index < -0.39 is 0 Å². The van der Waals surface area contributed by atoms with Crippen LogP contribution >= 0.6 is 0 Å². The molecule has 2 rings (SSSR count). The zero-order valence-corrected chi connectivity index (χ0v) is 13.3. The molecule has 1 saturated heterocycles. The van der Waals surface area contributed by atoms with Gasteiger partial charge in [0.25, 0.3) is 0 Å². The maximum absolute atomic E-state index is 5.79. The lowest BCUT2D eigenvalue weighted by molar-refractivity contribution is -0.0277. The van der Waals surface area contributed by atoms with Crippen LogP contribution in [0.4, 0.5) is 5.69 Å². The first-order chi connectivity index (χ1) is 9.52. The molecule has 1 aliphatic heterocycles. The third-order valence-electron chi connectivity index (χ3n) is 3.78. The second-order valence-corrected chi connectivity index (χ2v) is 6.33. The zero-order valence-electron chi connectivity index (χ0n) is 13.3. The van der Waals surface area contributed by atoms with Gasteiger partial charge in [0.05, 0.1) is 12.2 Å². The fourth-order valence-corrected chi connectivity index (χ4v) is 2.81. The second kappa shape index (κ2) is 6.59. The lowest BCUT2D eigenvalue weighted by Gasteiger charge is -2.40. The summed E-state index contributed by atoms with van der Waals surface area (Å²) in [5, 5.41) is 3.46. The van der Waals surface area contributed by atoms with Gasteiger partial charge in [0.2, 0.25) is 0 Å². The van der Waals surface area contributed by atoms with Crippen molar-refractivity contribution in [2.45, 2.75) is 46.3 Å². The first kappa shape index (κ1) is 15.3. The Hall–Kier alpha value is -1.06. The van der Waals surface area contributed by atoms with Crippen molar-refractivity contribution in [3.63, 3.8) is 0 Å². The Morgan fingerprint density at radius 2 is 2.15 bits per heavy atom. The smallest absolute Gasteiger partial charge is 0.0801 e. The molecule has 1 N–H and O–H groups in total. The Kier molecular flexibility index (Phi) is 5.06. The molecule has 0 aromatic heterocycles. The van der Waals surface area contributed by atoms with Gasteiger partial charge in [-0.2, -0.15) is 0 Å². The van der Waals surface area contributed by atoms with Gasteiger partial charge in [0.15, 0.2) is 0 Å². The highest BCUT2D eigenvalue weighted by Crippen LogP contribution is 2.26. The summed E-state index contributed by atoms with van der Waals surface area (Å²) < 4.78 is 5.79. The highest BCUT2D eigenvalue weighted by molar-refractivity contribution is 5.55. The summed E-state index contributed by atoms with van der Waals surface area (Å²) in [6, 6.07) is 6.81. The Morgan fingerprint density at radius 3 is 2.80 bits per heavy atom. The second-order valence-electron chi connectivity index (χ2n) is 6.33. The van der Waals surface area contributed by atoms with Gasteiger partial charge in [-0.15, -0.1) is 0 Å². The van der Waals surface area contributed by atoms with E-state index in [-0.39, 0.29) is 5.60 Å². The molecular weight excluding hydrogens is 248 g/mol. The molecule has 0 bridgehead atoms. The monoisotopic (exact) mass is 276 g/mol. The minimum atomic E-state index is -0.0496. The van der Waals surface area contributed by atoms with Gasteiger partial charge >= 0.3 is 0 Å². The molecular formula is C17H28N2O. The van der Waals surface area contributed by atoms with Crippen LogP contribution in [0.25, 0.3) is 0 Å². The van der Waals surface area contributed by atoms with Crippen LogP contribution in [-0.2, 0) is 11.3 Å². The highest BCUT2D eigenvalue weighted by Gasteiger charge is 2.27. The van der Waals surface area contributed by atoms with Gasteiger partial charge < -0.3 is 15.0 Å². The molecule has 0 saturated carbocycles. The fourth-order valence-electron chi connectivity index (χ4n) is 2.81. The SMILES string of the molecule is CCCNCc1ccc(N2CCOC(C)(C)C2)c(C)c1. The highest BCUT2D eigenvalue weighted by atomic mass is 16.5. The van der Waals surface area contributed by atoms with Crippen molar-refractivity contribution in [1.29, 1.82) is 0 Å². The summed E-state index contributed by atoms with van der Waals surface area (Å²) in [7, 11) is 0. The van der Waals surface area contributed by atoms with E-state index >= 15 is 0 Å².